The third kappa shape index (κ3) is 3.67. The molecule has 3 heteroatoms. The van der Waals surface area contributed by atoms with Gasteiger partial charge in [0.2, 0.25) is 5.91 Å². The van der Waals surface area contributed by atoms with Gasteiger partial charge in [-0.05, 0) is 37.7 Å². The van der Waals surface area contributed by atoms with Gasteiger partial charge in [-0.2, -0.15) is 0 Å². The average Bonchev–Trinajstić information content (AvgIpc) is 2.27. The van der Waals surface area contributed by atoms with Crippen LogP contribution >= 0.6 is 0 Å². The van der Waals surface area contributed by atoms with Gasteiger partial charge in [-0.15, -0.1) is 0 Å². The second-order valence-corrected chi connectivity index (χ2v) is 4.50. The lowest BCUT2D eigenvalue weighted by atomic mass is 9.78. The SMILES string of the molecule is C=CC(=O)NCC1(O)CCC(CC)CC1. The predicted molar refractivity (Wildman–Crippen MR) is 60.4 cm³/mol. The molecule has 1 aliphatic rings. The summed E-state index contributed by atoms with van der Waals surface area (Å²) in [4.78, 5) is 11.0. The van der Waals surface area contributed by atoms with Crippen LogP contribution in [0.2, 0.25) is 0 Å². The Morgan fingerprint density at radius 1 is 1.60 bits per heavy atom. The summed E-state index contributed by atoms with van der Waals surface area (Å²) >= 11 is 0. The fraction of sp³-hybridized carbons (Fsp3) is 0.750. The molecule has 1 aliphatic carbocycles. The number of rotatable bonds is 4. The summed E-state index contributed by atoms with van der Waals surface area (Å²) in [6.07, 6.45) is 6.15. The Kier molecular flexibility index (Phi) is 4.33. The Morgan fingerprint density at radius 3 is 2.67 bits per heavy atom. The van der Waals surface area contributed by atoms with Crippen molar-refractivity contribution in [1.29, 1.82) is 0 Å². The molecule has 0 aliphatic heterocycles. The van der Waals surface area contributed by atoms with Crippen molar-refractivity contribution in [2.24, 2.45) is 5.92 Å². The van der Waals surface area contributed by atoms with Gasteiger partial charge in [0.05, 0.1) is 5.60 Å². The largest absolute Gasteiger partial charge is 0.388 e. The van der Waals surface area contributed by atoms with Gasteiger partial charge in [0, 0.05) is 6.54 Å². The number of carbonyl (C=O) groups excluding carboxylic acids is 1. The molecule has 15 heavy (non-hydrogen) atoms. The fourth-order valence-corrected chi connectivity index (χ4v) is 2.12. The van der Waals surface area contributed by atoms with E-state index in [1.165, 1.54) is 12.5 Å². The molecule has 0 spiro atoms. The molecular weight excluding hydrogens is 190 g/mol. The number of hydrogen-bond donors (Lipinski definition) is 2. The molecule has 0 radical (unpaired) electrons. The topological polar surface area (TPSA) is 49.3 Å². The molecule has 0 aromatic rings. The number of nitrogens with one attached hydrogen (secondary N) is 1. The summed E-state index contributed by atoms with van der Waals surface area (Å²) in [5.41, 5.74) is -0.690. The molecule has 0 unspecified atom stereocenters. The Morgan fingerprint density at radius 2 is 2.20 bits per heavy atom. The van der Waals surface area contributed by atoms with Gasteiger partial charge in [0.1, 0.15) is 0 Å². The minimum atomic E-state index is -0.690. The zero-order valence-corrected chi connectivity index (χ0v) is 9.46. The molecule has 3 nitrogen and oxygen atoms in total. The molecule has 0 aromatic carbocycles. The van der Waals surface area contributed by atoms with Gasteiger partial charge in [-0.1, -0.05) is 19.9 Å². The highest BCUT2D eigenvalue weighted by atomic mass is 16.3. The molecule has 1 amide bonds. The van der Waals surface area contributed by atoms with Crippen molar-refractivity contribution in [3.63, 3.8) is 0 Å². The van der Waals surface area contributed by atoms with Gasteiger partial charge >= 0.3 is 0 Å². The Hall–Kier alpha value is -0.830. The molecule has 1 rings (SSSR count). The molecule has 0 aromatic heterocycles. The summed E-state index contributed by atoms with van der Waals surface area (Å²) in [5, 5.41) is 12.8. The number of aliphatic hydroxyl groups is 1. The van der Waals surface area contributed by atoms with Crippen LogP contribution < -0.4 is 5.32 Å². The molecule has 2 N–H and O–H groups in total. The van der Waals surface area contributed by atoms with Crippen LogP contribution in [0.4, 0.5) is 0 Å². The van der Waals surface area contributed by atoms with E-state index in [1.54, 1.807) is 0 Å². The summed E-state index contributed by atoms with van der Waals surface area (Å²) in [6, 6.07) is 0. The molecular formula is C12H21NO2. The second-order valence-electron chi connectivity index (χ2n) is 4.50. The van der Waals surface area contributed by atoms with Crippen LogP contribution in [-0.4, -0.2) is 23.2 Å². The average molecular weight is 211 g/mol. The van der Waals surface area contributed by atoms with E-state index in [9.17, 15) is 9.90 Å². The third-order valence-corrected chi connectivity index (χ3v) is 3.39. The Bertz CT molecular complexity index is 230. The molecule has 0 atom stereocenters. The van der Waals surface area contributed by atoms with E-state index in [1.807, 2.05) is 0 Å². The van der Waals surface area contributed by atoms with E-state index in [-0.39, 0.29) is 5.91 Å². The third-order valence-electron chi connectivity index (χ3n) is 3.39. The van der Waals surface area contributed by atoms with E-state index >= 15 is 0 Å². The summed E-state index contributed by atoms with van der Waals surface area (Å²) in [6.45, 7) is 5.92. The van der Waals surface area contributed by atoms with Crippen LogP contribution in [0.25, 0.3) is 0 Å². The maximum absolute atomic E-state index is 11.0. The minimum absolute atomic E-state index is 0.207. The normalized spacial score (nSPS) is 30.9. The molecule has 0 heterocycles. The van der Waals surface area contributed by atoms with Crippen molar-refractivity contribution >= 4 is 5.91 Å². The van der Waals surface area contributed by atoms with Gasteiger partial charge in [0.15, 0.2) is 0 Å². The van der Waals surface area contributed by atoms with Gasteiger partial charge in [-0.3, -0.25) is 4.79 Å². The van der Waals surface area contributed by atoms with Crippen LogP contribution in [0.5, 0.6) is 0 Å². The molecule has 1 saturated carbocycles. The molecule has 0 bridgehead atoms. The highest BCUT2D eigenvalue weighted by Gasteiger charge is 2.32. The molecule has 86 valence electrons. The first-order valence-corrected chi connectivity index (χ1v) is 5.72. The van der Waals surface area contributed by atoms with Crippen LogP contribution in [-0.2, 0) is 4.79 Å². The quantitative estimate of drug-likeness (QED) is 0.694. The lowest BCUT2D eigenvalue weighted by molar-refractivity contribution is -0.118. The second kappa shape index (κ2) is 5.31. The van der Waals surface area contributed by atoms with E-state index in [0.29, 0.717) is 6.54 Å². The van der Waals surface area contributed by atoms with Gasteiger partial charge < -0.3 is 10.4 Å². The highest BCUT2D eigenvalue weighted by molar-refractivity contribution is 5.86. The van der Waals surface area contributed by atoms with E-state index < -0.39 is 5.60 Å². The molecule has 0 saturated heterocycles. The fourth-order valence-electron chi connectivity index (χ4n) is 2.12. The van der Waals surface area contributed by atoms with Crippen molar-refractivity contribution in [2.45, 2.75) is 44.6 Å². The monoisotopic (exact) mass is 211 g/mol. The first-order chi connectivity index (χ1) is 7.09. The predicted octanol–water partition coefficient (Wildman–Crippen LogP) is 1.62. The first kappa shape index (κ1) is 12.2. The van der Waals surface area contributed by atoms with Crippen LogP contribution in [0.15, 0.2) is 12.7 Å². The van der Waals surface area contributed by atoms with Crippen molar-refractivity contribution in [3.8, 4) is 0 Å². The summed E-state index contributed by atoms with van der Waals surface area (Å²) in [5.74, 6) is 0.543. The zero-order chi connectivity index (χ0) is 11.3. The van der Waals surface area contributed by atoms with Crippen molar-refractivity contribution < 1.29 is 9.90 Å². The van der Waals surface area contributed by atoms with Gasteiger partial charge in [-0.25, -0.2) is 0 Å². The maximum Gasteiger partial charge on any atom is 0.243 e. The highest BCUT2D eigenvalue weighted by Crippen LogP contribution is 2.33. The first-order valence-electron chi connectivity index (χ1n) is 5.72. The van der Waals surface area contributed by atoms with Crippen LogP contribution in [0.1, 0.15) is 39.0 Å². The smallest absolute Gasteiger partial charge is 0.243 e. The van der Waals surface area contributed by atoms with E-state index in [2.05, 4.69) is 18.8 Å². The Labute approximate surface area is 91.6 Å². The van der Waals surface area contributed by atoms with E-state index in [4.69, 9.17) is 0 Å². The van der Waals surface area contributed by atoms with Crippen LogP contribution in [0, 0.1) is 5.92 Å². The van der Waals surface area contributed by atoms with Crippen LogP contribution in [0.3, 0.4) is 0 Å². The minimum Gasteiger partial charge on any atom is -0.388 e. The number of amides is 1. The lowest BCUT2D eigenvalue weighted by Crippen LogP contribution is -2.44. The van der Waals surface area contributed by atoms with Crippen molar-refractivity contribution in [1.82, 2.24) is 5.32 Å². The van der Waals surface area contributed by atoms with Crippen molar-refractivity contribution in [2.75, 3.05) is 6.54 Å². The number of carbonyl (C=O) groups is 1. The maximum atomic E-state index is 11.0. The standard InChI is InChI=1S/C12H21NO2/c1-3-10-5-7-12(15,8-6-10)9-13-11(14)4-2/h4,10,15H,2-3,5-9H2,1H3,(H,13,14). The van der Waals surface area contributed by atoms with Gasteiger partial charge in [0.25, 0.3) is 0 Å². The summed E-state index contributed by atoms with van der Waals surface area (Å²) < 4.78 is 0. The lowest BCUT2D eigenvalue weighted by Gasteiger charge is -2.35. The summed E-state index contributed by atoms with van der Waals surface area (Å²) in [7, 11) is 0. The molecule has 1 fully saturated rings. The zero-order valence-electron chi connectivity index (χ0n) is 9.46. The Balaban J connectivity index is 2.34. The van der Waals surface area contributed by atoms with Crippen molar-refractivity contribution in [3.05, 3.63) is 12.7 Å². The van der Waals surface area contributed by atoms with E-state index in [0.717, 1.165) is 31.6 Å². The number of hydrogen-bond acceptors (Lipinski definition) is 2.